The molecule has 0 aromatic heterocycles. The van der Waals surface area contributed by atoms with Gasteiger partial charge >= 0.3 is 0 Å². The molecule has 92 valence electrons. The highest BCUT2D eigenvalue weighted by molar-refractivity contribution is 6.32. The Hall–Kier alpha value is -1.30. The Morgan fingerprint density at radius 3 is 2.82 bits per heavy atom. The maximum atomic E-state index is 10.5. The highest BCUT2D eigenvalue weighted by Gasteiger charge is 2.10. The summed E-state index contributed by atoms with van der Waals surface area (Å²) in [5, 5.41) is 11.1. The van der Waals surface area contributed by atoms with Crippen molar-refractivity contribution in [3.05, 3.63) is 44.4 Å². The summed E-state index contributed by atoms with van der Waals surface area (Å²) in [5.74, 6) is 0.334. The first-order chi connectivity index (χ1) is 8.04. The average molecular weight is 277 g/mol. The van der Waals surface area contributed by atoms with Gasteiger partial charge in [0, 0.05) is 18.7 Å². The van der Waals surface area contributed by atoms with Crippen LogP contribution >= 0.6 is 23.2 Å². The smallest absolute Gasteiger partial charge is 0.271 e. The molecule has 0 aliphatic heterocycles. The van der Waals surface area contributed by atoms with Crippen LogP contribution in [0.1, 0.15) is 0 Å². The summed E-state index contributed by atoms with van der Waals surface area (Å²) in [6.07, 6.45) is 1.60. The molecule has 0 aliphatic carbocycles. The Labute approximate surface area is 108 Å². The number of hydrogen-bond donors (Lipinski definition) is 1. The quantitative estimate of drug-likeness (QED) is 0.663. The summed E-state index contributed by atoms with van der Waals surface area (Å²) >= 11 is 11.6. The van der Waals surface area contributed by atoms with Gasteiger partial charge in [0.15, 0.2) is 0 Å². The third-order valence-electron chi connectivity index (χ3n) is 1.83. The van der Waals surface area contributed by atoms with Gasteiger partial charge < -0.3 is 10.5 Å². The number of rotatable bonds is 5. The van der Waals surface area contributed by atoms with Crippen molar-refractivity contribution in [3.8, 4) is 5.75 Å². The molecule has 1 rings (SSSR count). The summed E-state index contributed by atoms with van der Waals surface area (Å²) in [6.45, 7) is 0.437. The summed E-state index contributed by atoms with van der Waals surface area (Å²) in [5.41, 5.74) is 5.17. The number of nitrogens with zero attached hydrogens (tertiary/aromatic N) is 1. The van der Waals surface area contributed by atoms with E-state index in [4.69, 9.17) is 33.7 Å². The van der Waals surface area contributed by atoms with Crippen molar-refractivity contribution in [1.29, 1.82) is 0 Å². The van der Waals surface area contributed by atoms with Crippen LogP contribution in [0.4, 0.5) is 5.69 Å². The Morgan fingerprint density at radius 2 is 2.29 bits per heavy atom. The molecular formula is C10H10Cl2N2O3. The third-order valence-corrected chi connectivity index (χ3v) is 2.39. The summed E-state index contributed by atoms with van der Waals surface area (Å²) in [4.78, 5) is 9.95. The van der Waals surface area contributed by atoms with E-state index < -0.39 is 4.92 Å². The second-order valence-corrected chi connectivity index (χ2v) is 3.94. The summed E-state index contributed by atoms with van der Waals surface area (Å²) in [7, 11) is 0. The molecular weight excluding hydrogens is 267 g/mol. The van der Waals surface area contributed by atoms with E-state index in [9.17, 15) is 10.1 Å². The molecule has 0 bridgehead atoms. The minimum atomic E-state index is -0.531. The van der Waals surface area contributed by atoms with E-state index in [1.807, 2.05) is 0 Å². The number of ether oxygens (including phenoxy) is 1. The molecule has 0 saturated heterocycles. The van der Waals surface area contributed by atoms with Gasteiger partial charge in [-0.2, -0.15) is 0 Å². The predicted octanol–water partition coefficient (Wildman–Crippen LogP) is 2.71. The van der Waals surface area contributed by atoms with Crippen molar-refractivity contribution in [3.63, 3.8) is 0 Å². The van der Waals surface area contributed by atoms with Crippen LogP contribution in [-0.2, 0) is 0 Å². The molecule has 0 atom stereocenters. The molecule has 1 aromatic rings. The molecule has 0 fully saturated rings. The zero-order valence-corrected chi connectivity index (χ0v) is 10.2. The largest absolute Gasteiger partial charge is 0.486 e. The topological polar surface area (TPSA) is 78.4 Å². The van der Waals surface area contributed by atoms with Crippen LogP contribution in [0, 0.1) is 10.1 Å². The van der Waals surface area contributed by atoms with E-state index in [1.54, 1.807) is 6.08 Å². The Balaban J connectivity index is 2.73. The van der Waals surface area contributed by atoms with Gasteiger partial charge in [0.05, 0.1) is 15.0 Å². The van der Waals surface area contributed by atoms with E-state index in [-0.39, 0.29) is 17.3 Å². The molecule has 0 saturated carbocycles. The minimum absolute atomic E-state index is 0.0917. The second-order valence-electron chi connectivity index (χ2n) is 3.05. The third kappa shape index (κ3) is 4.22. The molecule has 0 amide bonds. The Bertz CT molecular complexity index is 449. The molecule has 7 heteroatoms. The van der Waals surface area contributed by atoms with Crippen molar-refractivity contribution >= 4 is 28.9 Å². The lowest BCUT2D eigenvalue weighted by Gasteiger charge is -2.06. The SMILES string of the molecule is NC/C=C(\Cl)COc1ccc([N+](=O)[O-])cc1Cl. The normalized spacial score (nSPS) is 11.4. The maximum Gasteiger partial charge on any atom is 0.271 e. The van der Waals surface area contributed by atoms with E-state index in [1.165, 1.54) is 18.2 Å². The van der Waals surface area contributed by atoms with Crippen molar-refractivity contribution < 1.29 is 9.66 Å². The molecule has 2 N–H and O–H groups in total. The van der Waals surface area contributed by atoms with Gasteiger partial charge in [0.1, 0.15) is 12.4 Å². The van der Waals surface area contributed by atoms with E-state index in [0.717, 1.165) is 0 Å². The molecule has 5 nitrogen and oxygen atoms in total. The highest BCUT2D eigenvalue weighted by Crippen LogP contribution is 2.29. The number of non-ortho nitro benzene ring substituents is 1. The van der Waals surface area contributed by atoms with Crippen molar-refractivity contribution in [1.82, 2.24) is 0 Å². The lowest BCUT2D eigenvalue weighted by Crippen LogP contribution is -2.01. The first-order valence-electron chi connectivity index (χ1n) is 4.66. The fourth-order valence-electron chi connectivity index (χ4n) is 1.05. The monoisotopic (exact) mass is 276 g/mol. The summed E-state index contributed by atoms with van der Waals surface area (Å²) in [6, 6.07) is 3.95. The number of nitrogens with two attached hydrogens (primary N) is 1. The zero-order chi connectivity index (χ0) is 12.8. The second kappa shape index (κ2) is 6.44. The van der Waals surface area contributed by atoms with Crippen LogP contribution in [-0.4, -0.2) is 18.1 Å². The van der Waals surface area contributed by atoms with Gasteiger partial charge in [-0.1, -0.05) is 29.3 Å². The number of nitro groups is 1. The molecule has 0 heterocycles. The van der Waals surface area contributed by atoms with E-state index >= 15 is 0 Å². The number of nitro benzene ring substituents is 1. The van der Waals surface area contributed by atoms with Crippen LogP contribution in [0.3, 0.4) is 0 Å². The minimum Gasteiger partial charge on any atom is -0.486 e. The average Bonchev–Trinajstić information content (AvgIpc) is 2.27. The molecule has 0 unspecified atom stereocenters. The van der Waals surface area contributed by atoms with Crippen molar-refractivity contribution in [2.45, 2.75) is 0 Å². The van der Waals surface area contributed by atoms with Crippen LogP contribution in [0.25, 0.3) is 0 Å². The molecule has 0 spiro atoms. The van der Waals surface area contributed by atoms with Crippen molar-refractivity contribution in [2.24, 2.45) is 5.73 Å². The van der Waals surface area contributed by atoms with Crippen LogP contribution < -0.4 is 10.5 Å². The van der Waals surface area contributed by atoms with Crippen LogP contribution in [0.5, 0.6) is 5.75 Å². The first-order valence-corrected chi connectivity index (χ1v) is 5.41. The van der Waals surface area contributed by atoms with E-state index in [2.05, 4.69) is 0 Å². The number of benzene rings is 1. The molecule has 0 aliphatic rings. The van der Waals surface area contributed by atoms with Crippen LogP contribution in [0.2, 0.25) is 5.02 Å². The lowest BCUT2D eigenvalue weighted by molar-refractivity contribution is -0.384. The van der Waals surface area contributed by atoms with Crippen molar-refractivity contribution in [2.75, 3.05) is 13.2 Å². The van der Waals surface area contributed by atoms with Crippen LogP contribution in [0.15, 0.2) is 29.3 Å². The van der Waals surface area contributed by atoms with Gasteiger partial charge in [-0.25, -0.2) is 0 Å². The maximum absolute atomic E-state index is 10.5. The van der Waals surface area contributed by atoms with E-state index in [0.29, 0.717) is 17.3 Å². The first kappa shape index (κ1) is 13.8. The standard InChI is InChI=1S/C10H10Cl2N2O3/c11-7(3-4-13)6-17-10-2-1-8(14(15)16)5-9(10)12/h1-3,5H,4,6,13H2/b7-3-. The summed E-state index contributed by atoms with van der Waals surface area (Å²) < 4.78 is 5.28. The fraction of sp³-hybridized carbons (Fsp3) is 0.200. The Morgan fingerprint density at radius 1 is 1.59 bits per heavy atom. The lowest BCUT2D eigenvalue weighted by atomic mass is 10.3. The molecule has 17 heavy (non-hydrogen) atoms. The Kier molecular flexibility index (Phi) is 5.21. The van der Waals surface area contributed by atoms with Gasteiger partial charge in [-0.15, -0.1) is 0 Å². The predicted molar refractivity (Wildman–Crippen MR) is 66.6 cm³/mol. The zero-order valence-electron chi connectivity index (χ0n) is 8.73. The number of hydrogen-bond acceptors (Lipinski definition) is 4. The fourth-order valence-corrected chi connectivity index (χ4v) is 1.43. The highest BCUT2D eigenvalue weighted by atomic mass is 35.5. The van der Waals surface area contributed by atoms with Gasteiger partial charge in [0.25, 0.3) is 5.69 Å². The molecule has 1 aromatic carbocycles. The molecule has 0 radical (unpaired) electrons. The number of halogens is 2. The van der Waals surface area contributed by atoms with Gasteiger partial charge in [0.2, 0.25) is 0 Å². The van der Waals surface area contributed by atoms with Gasteiger partial charge in [-0.3, -0.25) is 10.1 Å². The van der Waals surface area contributed by atoms with Gasteiger partial charge in [-0.05, 0) is 6.07 Å².